The minimum Gasteiger partial charge on any atom is -0.301 e. The summed E-state index contributed by atoms with van der Waals surface area (Å²) in [6.45, 7) is 10.8. The third-order valence-electron chi connectivity index (χ3n) is 4.07. The minimum absolute atomic E-state index is 0.448. The third-order valence-corrected chi connectivity index (χ3v) is 6.12. The summed E-state index contributed by atoms with van der Waals surface area (Å²) < 4.78 is 0. The molecular weight excluding hydrogens is 234 g/mol. The van der Waals surface area contributed by atoms with Crippen LogP contribution in [0.3, 0.4) is 0 Å². The lowest BCUT2D eigenvalue weighted by Crippen LogP contribution is -2.45. The summed E-state index contributed by atoms with van der Waals surface area (Å²) in [6.07, 6.45) is 3.83. The van der Waals surface area contributed by atoms with E-state index in [0.29, 0.717) is 5.41 Å². The summed E-state index contributed by atoms with van der Waals surface area (Å²) in [4.78, 5) is 2.67. The largest absolute Gasteiger partial charge is 0.301 e. The van der Waals surface area contributed by atoms with E-state index in [1.165, 1.54) is 44.6 Å². The highest BCUT2D eigenvalue weighted by atomic mass is 32.2. The van der Waals surface area contributed by atoms with Crippen molar-refractivity contribution < 1.29 is 0 Å². The summed E-state index contributed by atoms with van der Waals surface area (Å²) in [5, 5.41) is 0.861. The van der Waals surface area contributed by atoms with Crippen molar-refractivity contribution >= 4 is 24.4 Å². The molecule has 0 aliphatic carbocycles. The van der Waals surface area contributed by atoms with E-state index < -0.39 is 0 Å². The number of hydrogen-bond donors (Lipinski definition) is 1. The third kappa shape index (κ3) is 3.85. The van der Waals surface area contributed by atoms with Gasteiger partial charge in [-0.3, -0.25) is 0 Å². The number of thioether (sulfide) groups is 1. The molecule has 1 unspecified atom stereocenters. The zero-order chi connectivity index (χ0) is 12.0. The Labute approximate surface area is 111 Å². The smallest absolute Gasteiger partial charge is 0.0172 e. The van der Waals surface area contributed by atoms with Crippen molar-refractivity contribution in [3.63, 3.8) is 0 Å². The molecule has 96 valence electrons. The normalized spacial score (nSPS) is 23.6. The van der Waals surface area contributed by atoms with Crippen LogP contribution < -0.4 is 0 Å². The molecule has 16 heavy (non-hydrogen) atoms. The van der Waals surface area contributed by atoms with Gasteiger partial charge < -0.3 is 4.90 Å². The second-order valence-electron chi connectivity index (χ2n) is 5.00. The molecule has 1 fully saturated rings. The van der Waals surface area contributed by atoms with E-state index in [-0.39, 0.29) is 0 Å². The van der Waals surface area contributed by atoms with Gasteiger partial charge in [0.1, 0.15) is 0 Å². The van der Waals surface area contributed by atoms with Gasteiger partial charge in [0, 0.05) is 30.6 Å². The second-order valence-corrected chi connectivity index (χ2v) is 6.73. The van der Waals surface area contributed by atoms with E-state index in [0.717, 1.165) is 11.0 Å². The van der Waals surface area contributed by atoms with Crippen LogP contribution in [0.25, 0.3) is 0 Å². The second kappa shape index (κ2) is 7.17. The van der Waals surface area contributed by atoms with Gasteiger partial charge in [-0.05, 0) is 30.4 Å². The molecule has 1 aliphatic rings. The minimum atomic E-state index is 0.448. The lowest BCUT2D eigenvalue weighted by molar-refractivity contribution is 0.161. The van der Waals surface area contributed by atoms with Gasteiger partial charge in [0.15, 0.2) is 0 Å². The van der Waals surface area contributed by atoms with Crippen LogP contribution in [-0.2, 0) is 0 Å². The van der Waals surface area contributed by atoms with Crippen molar-refractivity contribution in [2.75, 3.05) is 31.1 Å². The molecule has 0 aromatic rings. The number of thiol groups is 1. The fourth-order valence-corrected chi connectivity index (χ4v) is 4.19. The predicted molar refractivity (Wildman–Crippen MR) is 79.8 cm³/mol. The van der Waals surface area contributed by atoms with E-state index in [1.807, 2.05) is 0 Å². The van der Waals surface area contributed by atoms with Crippen molar-refractivity contribution in [3.8, 4) is 0 Å². The Morgan fingerprint density at radius 2 is 2.00 bits per heavy atom. The zero-order valence-corrected chi connectivity index (χ0v) is 12.7. The highest BCUT2D eigenvalue weighted by molar-refractivity contribution is 8.00. The van der Waals surface area contributed by atoms with Crippen molar-refractivity contribution in [1.29, 1.82) is 0 Å². The quantitative estimate of drug-likeness (QED) is 0.728. The van der Waals surface area contributed by atoms with E-state index in [9.17, 15) is 0 Å². The molecule has 0 spiro atoms. The average Bonchev–Trinajstić information content (AvgIpc) is 2.36. The van der Waals surface area contributed by atoms with Crippen LogP contribution in [0.1, 0.15) is 40.0 Å². The summed E-state index contributed by atoms with van der Waals surface area (Å²) in [6, 6.07) is 0. The van der Waals surface area contributed by atoms with Gasteiger partial charge in [-0.1, -0.05) is 20.8 Å². The SMILES string of the molecule is CCC1CN(CC(CC)(CC)CS)CCS1. The van der Waals surface area contributed by atoms with Crippen LogP contribution in [0.2, 0.25) is 0 Å². The fraction of sp³-hybridized carbons (Fsp3) is 1.00. The van der Waals surface area contributed by atoms with Crippen LogP contribution >= 0.6 is 24.4 Å². The van der Waals surface area contributed by atoms with Crippen LogP contribution in [0.5, 0.6) is 0 Å². The van der Waals surface area contributed by atoms with E-state index in [2.05, 4.69) is 50.1 Å². The maximum absolute atomic E-state index is 4.57. The maximum Gasteiger partial charge on any atom is 0.0172 e. The van der Waals surface area contributed by atoms with Crippen LogP contribution in [-0.4, -0.2) is 41.3 Å². The molecular formula is C13H27NS2. The van der Waals surface area contributed by atoms with Crippen molar-refractivity contribution in [1.82, 2.24) is 4.90 Å². The molecule has 0 amide bonds. The van der Waals surface area contributed by atoms with Gasteiger partial charge in [0.25, 0.3) is 0 Å². The average molecular weight is 261 g/mol. The highest BCUT2D eigenvalue weighted by Crippen LogP contribution is 2.31. The first-order chi connectivity index (χ1) is 7.69. The Hall–Kier alpha value is 0.660. The van der Waals surface area contributed by atoms with Gasteiger partial charge in [-0.15, -0.1) is 0 Å². The van der Waals surface area contributed by atoms with Crippen molar-refractivity contribution in [3.05, 3.63) is 0 Å². The molecule has 0 aromatic heterocycles. The molecule has 0 radical (unpaired) electrons. The molecule has 0 bridgehead atoms. The summed E-state index contributed by atoms with van der Waals surface area (Å²) in [5.41, 5.74) is 0.448. The molecule has 1 rings (SSSR count). The molecule has 1 aliphatic heterocycles. The first kappa shape index (κ1) is 14.7. The van der Waals surface area contributed by atoms with E-state index in [1.54, 1.807) is 0 Å². The number of rotatable bonds is 6. The van der Waals surface area contributed by atoms with E-state index >= 15 is 0 Å². The topological polar surface area (TPSA) is 3.24 Å². The van der Waals surface area contributed by atoms with Gasteiger partial charge >= 0.3 is 0 Å². The Bertz CT molecular complexity index is 184. The molecule has 1 atom stereocenters. The molecule has 0 saturated carbocycles. The molecule has 1 nitrogen and oxygen atoms in total. The van der Waals surface area contributed by atoms with Crippen LogP contribution in [0, 0.1) is 5.41 Å². The Morgan fingerprint density at radius 3 is 2.50 bits per heavy atom. The van der Waals surface area contributed by atoms with E-state index in [4.69, 9.17) is 0 Å². The first-order valence-electron chi connectivity index (χ1n) is 6.64. The monoisotopic (exact) mass is 261 g/mol. The number of nitrogens with zero attached hydrogens (tertiary/aromatic N) is 1. The van der Waals surface area contributed by atoms with Crippen LogP contribution in [0.4, 0.5) is 0 Å². The summed E-state index contributed by atoms with van der Waals surface area (Å²) >= 11 is 6.73. The molecule has 1 saturated heterocycles. The summed E-state index contributed by atoms with van der Waals surface area (Å²) in [7, 11) is 0. The first-order valence-corrected chi connectivity index (χ1v) is 8.32. The maximum atomic E-state index is 4.57. The summed E-state index contributed by atoms with van der Waals surface area (Å²) in [5.74, 6) is 2.34. The predicted octanol–water partition coefficient (Wildman–Crippen LogP) is 3.55. The van der Waals surface area contributed by atoms with Gasteiger partial charge in [0.05, 0.1) is 0 Å². The Morgan fingerprint density at radius 1 is 1.31 bits per heavy atom. The van der Waals surface area contributed by atoms with Gasteiger partial charge in [-0.2, -0.15) is 24.4 Å². The number of hydrogen-bond acceptors (Lipinski definition) is 3. The lowest BCUT2D eigenvalue weighted by atomic mass is 9.83. The van der Waals surface area contributed by atoms with Gasteiger partial charge in [0.2, 0.25) is 0 Å². The Balaban J connectivity index is 2.50. The van der Waals surface area contributed by atoms with Crippen LogP contribution in [0.15, 0.2) is 0 Å². The molecule has 3 heteroatoms. The zero-order valence-electron chi connectivity index (χ0n) is 11.0. The molecule has 0 N–H and O–H groups in total. The standard InChI is InChI=1S/C13H27NS2/c1-4-12-9-14(7-8-16-12)10-13(5-2,6-3)11-15/h12,15H,4-11H2,1-3H3. The highest BCUT2D eigenvalue weighted by Gasteiger charge is 2.29. The van der Waals surface area contributed by atoms with Gasteiger partial charge in [-0.25, -0.2) is 0 Å². The fourth-order valence-electron chi connectivity index (χ4n) is 2.39. The molecule has 0 aromatic carbocycles. The lowest BCUT2D eigenvalue weighted by Gasteiger charge is -2.40. The molecule has 1 heterocycles. The Kier molecular flexibility index (Phi) is 6.60. The van der Waals surface area contributed by atoms with Crippen molar-refractivity contribution in [2.45, 2.75) is 45.3 Å². The van der Waals surface area contributed by atoms with Crippen molar-refractivity contribution in [2.24, 2.45) is 5.41 Å².